The molecule has 0 spiro atoms. The van der Waals surface area contributed by atoms with Gasteiger partial charge in [0.1, 0.15) is 29.2 Å². The molecule has 3 aromatic heterocycles. The van der Waals surface area contributed by atoms with Crippen molar-refractivity contribution in [2.45, 2.75) is 6.92 Å². The first-order valence-electron chi connectivity index (χ1n) is 7.78. The molecule has 7 heteroatoms. The second-order valence-corrected chi connectivity index (χ2v) is 5.72. The number of ether oxygens (including phenoxy) is 1. The monoisotopic (exact) mass is 344 g/mol. The summed E-state index contributed by atoms with van der Waals surface area (Å²) in [7, 11) is 3.35. The van der Waals surface area contributed by atoms with Crippen LogP contribution in [0, 0.1) is 29.6 Å². The quantitative estimate of drug-likeness (QED) is 0.781. The third-order valence-electron chi connectivity index (χ3n) is 4.34. The number of nitrogens with zero attached hydrogens (tertiary/aromatic N) is 5. The minimum Gasteiger partial charge on any atom is -0.481 e. The van der Waals surface area contributed by atoms with Crippen LogP contribution >= 0.6 is 0 Å². The number of aromatic nitrogens is 3. The molecule has 0 saturated carbocycles. The van der Waals surface area contributed by atoms with Crippen LogP contribution in [0.1, 0.15) is 17.0 Å². The molecule has 3 aromatic rings. The summed E-state index contributed by atoms with van der Waals surface area (Å²) in [5, 5.41) is 18.8. The predicted octanol–water partition coefficient (Wildman–Crippen LogP) is 2.79. The van der Waals surface area contributed by atoms with Gasteiger partial charge in [0.2, 0.25) is 5.88 Å². The second kappa shape index (κ2) is 6.58. The molecule has 0 bridgehead atoms. The van der Waals surface area contributed by atoms with Crippen LogP contribution in [-0.4, -0.2) is 21.6 Å². The maximum atomic E-state index is 9.54. The van der Waals surface area contributed by atoms with E-state index >= 15 is 0 Å². The number of anilines is 1. The number of rotatable bonds is 3. The van der Waals surface area contributed by atoms with E-state index in [9.17, 15) is 10.5 Å². The standard InChI is InChI=1S/C19H16N6O/c1-11-14(6-13(8-20)25(11)2)15-7-17(24-19(22)16(15)9-21)12-4-5-18(26-3)23-10-12/h4-7,10H,1-3H3,(H2,22,24). The third kappa shape index (κ3) is 2.72. The molecule has 2 N–H and O–H groups in total. The molecule has 0 unspecified atom stereocenters. The zero-order valence-electron chi connectivity index (χ0n) is 14.6. The minimum atomic E-state index is 0.137. The van der Waals surface area contributed by atoms with Gasteiger partial charge in [-0.1, -0.05) is 0 Å². The number of nitrogens with two attached hydrogens (primary N) is 1. The van der Waals surface area contributed by atoms with Crippen LogP contribution < -0.4 is 10.5 Å². The number of methoxy groups -OCH3 is 1. The molecule has 0 aliphatic heterocycles. The Morgan fingerprint density at radius 1 is 1.15 bits per heavy atom. The van der Waals surface area contributed by atoms with Crippen LogP contribution in [0.2, 0.25) is 0 Å². The van der Waals surface area contributed by atoms with Gasteiger partial charge >= 0.3 is 0 Å². The Kier molecular flexibility index (Phi) is 4.30. The van der Waals surface area contributed by atoms with Crippen molar-refractivity contribution in [2.24, 2.45) is 7.05 Å². The fourth-order valence-electron chi connectivity index (χ4n) is 2.77. The first kappa shape index (κ1) is 17.0. The van der Waals surface area contributed by atoms with E-state index in [0.717, 1.165) is 16.8 Å². The van der Waals surface area contributed by atoms with Gasteiger partial charge in [-0.15, -0.1) is 0 Å². The number of hydrogen-bond acceptors (Lipinski definition) is 6. The van der Waals surface area contributed by atoms with Gasteiger partial charge in [0.25, 0.3) is 0 Å². The Hall–Kier alpha value is -3.84. The molecule has 3 heterocycles. The molecule has 0 saturated heterocycles. The molecule has 3 rings (SSSR count). The smallest absolute Gasteiger partial charge is 0.212 e. The van der Waals surface area contributed by atoms with Crippen LogP contribution in [0.25, 0.3) is 22.4 Å². The van der Waals surface area contributed by atoms with E-state index in [4.69, 9.17) is 10.5 Å². The SMILES string of the molecule is COc1ccc(-c2cc(-c3cc(C#N)n(C)c3C)c(C#N)c(N)n2)cn1. The molecular weight excluding hydrogens is 328 g/mol. The number of nitrogen functional groups attached to an aromatic ring is 1. The van der Waals surface area contributed by atoms with Crippen molar-refractivity contribution in [3.63, 3.8) is 0 Å². The van der Waals surface area contributed by atoms with Gasteiger partial charge in [0, 0.05) is 41.7 Å². The van der Waals surface area contributed by atoms with Crippen molar-refractivity contribution in [1.82, 2.24) is 14.5 Å². The van der Waals surface area contributed by atoms with E-state index in [1.807, 2.05) is 20.0 Å². The molecule has 0 amide bonds. The van der Waals surface area contributed by atoms with E-state index in [0.29, 0.717) is 22.8 Å². The van der Waals surface area contributed by atoms with E-state index in [-0.39, 0.29) is 11.4 Å². The first-order chi connectivity index (χ1) is 12.5. The van der Waals surface area contributed by atoms with Gasteiger partial charge in [0.05, 0.1) is 12.8 Å². The fraction of sp³-hybridized carbons (Fsp3) is 0.158. The summed E-state index contributed by atoms with van der Waals surface area (Å²) in [6, 6.07) is 11.4. The Balaban J connectivity index is 2.23. The number of nitriles is 2. The van der Waals surface area contributed by atoms with Crippen LogP contribution in [0.3, 0.4) is 0 Å². The number of pyridine rings is 2. The summed E-state index contributed by atoms with van der Waals surface area (Å²) in [5.41, 5.74) is 10.4. The van der Waals surface area contributed by atoms with Crippen LogP contribution in [-0.2, 0) is 7.05 Å². The lowest BCUT2D eigenvalue weighted by Gasteiger charge is -2.10. The normalized spacial score (nSPS) is 10.2. The van der Waals surface area contributed by atoms with E-state index in [1.54, 1.807) is 36.1 Å². The summed E-state index contributed by atoms with van der Waals surface area (Å²) in [6.45, 7) is 1.89. The highest BCUT2D eigenvalue weighted by Crippen LogP contribution is 2.34. The van der Waals surface area contributed by atoms with E-state index < -0.39 is 0 Å². The minimum absolute atomic E-state index is 0.137. The van der Waals surface area contributed by atoms with E-state index in [1.165, 1.54) is 0 Å². The highest BCUT2D eigenvalue weighted by atomic mass is 16.5. The lowest BCUT2D eigenvalue weighted by Crippen LogP contribution is -2.01. The first-order valence-corrected chi connectivity index (χ1v) is 7.78. The Morgan fingerprint density at radius 3 is 2.46 bits per heavy atom. The summed E-state index contributed by atoms with van der Waals surface area (Å²) < 4.78 is 6.85. The average Bonchev–Trinajstić information content (AvgIpc) is 2.95. The zero-order chi connectivity index (χ0) is 18.8. The van der Waals surface area contributed by atoms with Crippen molar-refractivity contribution >= 4 is 5.82 Å². The Morgan fingerprint density at radius 2 is 1.92 bits per heavy atom. The van der Waals surface area contributed by atoms with Gasteiger partial charge in [-0.3, -0.25) is 0 Å². The highest BCUT2D eigenvalue weighted by Gasteiger charge is 2.18. The molecule has 26 heavy (non-hydrogen) atoms. The van der Waals surface area contributed by atoms with E-state index in [2.05, 4.69) is 22.1 Å². The molecule has 0 aromatic carbocycles. The lowest BCUT2D eigenvalue weighted by atomic mass is 9.99. The van der Waals surface area contributed by atoms with Gasteiger partial charge in [-0.25, -0.2) is 9.97 Å². The summed E-state index contributed by atoms with van der Waals surface area (Å²) in [6.07, 6.45) is 1.63. The Labute approximate surface area is 150 Å². The molecule has 0 aliphatic carbocycles. The zero-order valence-corrected chi connectivity index (χ0v) is 14.6. The predicted molar refractivity (Wildman–Crippen MR) is 97.0 cm³/mol. The van der Waals surface area contributed by atoms with Crippen LogP contribution in [0.15, 0.2) is 30.5 Å². The molecule has 0 atom stereocenters. The molecule has 0 aliphatic rings. The average molecular weight is 344 g/mol. The molecule has 7 nitrogen and oxygen atoms in total. The highest BCUT2D eigenvalue weighted by molar-refractivity contribution is 5.81. The molecule has 0 fully saturated rings. The lowest BCUT2D eigenvalue weighted by molar-refractivity contribution is 0.398. The van der Waals surface area contributed by atoms with Crippen molar-refractivity contribution in [2.75, 3.05) is 12.8 Å². The molecular formula is C19H16N6O. The Bertz CT molecular complexity index is 1070. The van der Waals surface area contributed by atoms with Crippen molar-refractivity contribution < 1.29 is 4.74 Å². The maximum Gasteiger partial charge on any atom is 0.212 e. The summed E-state index contributed by atoms with van der Waals surface area (Å²) in [5.74, 6) is 0.630. The third-order valence-corrected chi connectivity index (χ3v) is 4.34. The summed E-state index contributed by atoms with van der Waals surface area (Å²) >= 11 is 0. The largest absolute Gasteiger partial charge is 0.481 e. The van der Waals surface area contributed by atoms with Crippen molar-refractivity contribution in [1.29, 1.82) is 10.5 Å². The maximum absolute atomic E-state index is 9.54. The van der Waals surface area contributed by atoms with Gasteiger partial charge < -0.3 is 15.0 Å². The topological polar surface area (TPSA) is 114 Å². The molecule has 0 radical (unpaired) electrons. The summed E-state index contributed by atoms with van der Waals surface area (Å²) in [4.78, 5) is 8.52. The number of hydrogen-bond donors (Lipinski definition) is 1. The molecule has 128 valence electrons. The van der Waals surface area contributed by atoms with Crippen LogP contribution in [0.4, 0.5) is 5.82 Å². The van der Waals surface area contributed by atoms with Gasteiger partial charge in [-0.05, 0) is 25.1 Å². The van der Waals surface area contributed by atoms with Gasteiger partial charge in [0.15, 0.2) is 0 Å². The van der Waals surface area contributed by atoms with Crippen molar-refractivity contribution in [3.05, 3.63) is 47.4 Å². The van der Waals surface area contributed by atoms with Crippen molar-refractivity contribution in [3.8, 4) is 40.4 Å². The second-order valence-electron chi connectivity index (χ2n) is 5.72. The van der Waals surface area contributed by atoms with Gasteiger partial charge in [-0.2, -0.15) is 10.5 Å². The fourth-order valence-corrected chi connectivity index (χ4v) is 2.77. The van der Waals surface area contributed by atoms with Crippen LogP contribution in [0.5, 0.6) is 5.88 Å².